The fraction of sp³-hybridized carbons (Fsp3) is 0.400. The van der Waals surface area contributed by atoms with Gasteiger partial charge in [-0.3, -0.25) is 0 Å². The van der Waals surface area contributed by atoms with Crippen molar-refractivity contribution in [3.05, 3.63) is 47.0 Å². The van der Waals surface area contributed by atoms with Crippen molar-refractivity contribution in [2.75, 3.05) is 0 Å². The van der Waals surface area contributed by atoms with Gasteiger partial charge in [0.25, 0.3) is 0 Å². The summed E-state index contributed by atoms with van der Waals surface area (Å²) in [7, 11) is 0. The lowest BCUT2D eigenvalue weighted by molar-refractivity contribution is 0.236. The van der Waals surface area contributed by atoms with Gasteiger partial charge in [0.15, 0.2) is 5.82 Å². The molecule has 6 nitrogen and oxygen atoms in total. The standard InChI is InChI=1S/C15H20ClN5O/c1-3-13(11-6-5-7-12(16)8-11)19-15(22)17-9-14-20-18-10-21(14)4-2/h5-8,10,13H,3-4,9H2,1-2H3,(H2,17,19,22)/t13-/m0/s1. The van der Waals surface area contributed by atoms with Crippen molar-refractivity contribution >= 4 is 17.6 Å². The van der Waals surface area contributed by atoms with E-state index in [-0.39, 0.29) is 12.1 Å². The number of carbonyl (C=O) groups excluding carboxylic acids is 1. The Bertz CT molecular complexity index is 628. The molecule has 0 fully saturated rings. The van der Waals surface area contributed by atoms with Crippen LogP contribution in [0, 0.1) is 0 Å². The van der Waals surface area contributed by atoms with Crippen molar-refractivity contribution in [3.8, 4) is 0 Å². The monoisotopic (exact) mass is 321 g/mol. The number of nitrogens with zero attached hydrogens (tertiary/aromatic N) is 3. The van der Waals surface area contributed by atoms with Gasteiger partial charge in [0.05, 0.1) is 12.6 Å². The van der Waals surface area contributed by atoms with E-state index in [0.29, 0.717) is 11.6 Å². The van der Waals surface area contributed by atoms with Crippen LogP contribution in [0.15, 0.2) is 30.6 Å². The van der Waals surface area contributed by atoms with Gasteiger partial charge in [-0.1, -0.05) is 30.7 Å². The molecule has 0 saturated heterocycles. The molecule has 0 bridgehead atoms. The number of nitrogens with one attached hydrogen (secondary N) is 2. The fourth-order valence-corrected chi connectivity index (χ4v) is 2.39. The van der Waals surface area contributed by atoms with E-state index >= 15 is 0 Å². The Morgan fingerprint density at radius 3 is 2.91 bits per heavy atom. The number of amides is 2. The number of aromatic nitrogens is 3. The molecule has 2 amide bonds. The average Bonchev–Trinajstić information content (AvgIpc) is 2.98. The Morgan fingerprint density at radius 1 is 1.41 bits per heavy atom. The van der Waals surface area contributed by atoms with Crippen LogP contribution >= 0.6 is 11.6 Å². The van der Waals surface area contributed by atoms with Gasteiger partial charge in [-0.05, 0) is 31.0 Å². The molecule has 0 spiro atoms. The number of hydrogen-bond acceptors (Lipinski definition) is 3. The fourth-order valence-electron chi connectivity index (χ4n) is 2.19. The minimum absolute atomic E-state index is 0.0808. The third-order valence-electron chi connectivity index (χ3n) is 3.41. The van der Waals surface area contributed by atoms with E-state index in [1.165, 1.54) is 0 Å². The van der Waals surface area contributed by atoms with Crippen LogP contribution in [-0.4, -0.2) is 20.8 Å². The van der Waals surface area contributed by atoms with E-state index < -0.39 is 0 Å². The summed E-state index contributed by atoms with van der Waals surface area (Å²) < 4.78 is 1.88. The highest BCUT2D eigenvalue weighted by Crippen LogP contribution is 2.20. The molecular weight excluding hydrogens is 302 g/mol. The quantitative estimate of drug-likeness (QED) is 0.859. The van der Waals surface area contributed by atoms with Crippen molar-refractivity contribution in [2.45, 2.75) is 39.4 Å². The van der Waals surface area contributed by atoms with Crippen LogP contribution in [0.2, 0.25) is 5.02 Å². The maximum Gasteiger partial charge on any atom is 0.315 e. The second-order valence-corrected chi connectivity index (χ2v) is 5.31. The molecule has 2 rings (SSSR count). The molecule has 7 heteroatoms. The van der Waals surface area contributed by atoms with Gasteiger partial charge < -0.3 is 15.2 Å². The summed E-state index contributed by atoms with van der Waals surface area (Å²) in [6.45, 7) is 5.12. The number of urea groups is 1. The smallest absolute Gasteiger partial charge is 0.315 e. The van der Waals surface area contributed by atoms with Crippen LogP contribution in [0.25, 0.3) is 0 Å². The molecule has 22 heavy (non-hydrogen) atoms. The molecule has 0 aliphatic carbocycles. The summed E-state index contributed by atoms with van der Waals surface area (Å²) in [5.41, 5.74) is 0.988. The Balaban J connectivity index is 1.92. The van der Waals surface area contributed by atoms with Crippen LogP contribution in [0.3, 0.4) is 0 Å². The minimum atomic E-state index is -0.238. The maximum absolute atomic E-state index is 12.1. The molecule has 2 N–H and O–H groups in total. The minimum Gasteiger partial charge on any atom is -0.331 e. The number of carbonyl (C=O) groups is 1. The molecule has 0 aliphatic rings. The predicted molar refractivity (Wildman–Crippen MR) is 85.6 cm³/mol. The van der Waals surface area contributed by atoms with E-state index in [2.05, 4.69) is 20.8 Å². The summed E-state index contributed by atoms with van der Waals surface area (Å²) in [5, 5.41) is 14.2. The summed E-state index contributed by atoms with van der Waals surface area (Å²) in [5.74, 6) is 0.730. The normalized spacial score (nSPS) is 12.0. The Labute approximate surface area is 134 Å². The zero-order valence-corrected chi connectivity index (χ0v) is 13.5. The molecule has 118 valence electrons. The van der Waals surface area contributed by atoms with Gasteiger partial charge >= 0.3 is 6.03 Å². The van der Waals surface area contributed by atoms with Gasteiger partial charge in [-0.25, -0.2) is 4.79 Å². The number of aryl methyl sites for hydroxylation is 1. The van der Waals surface area contributed by atoms with Crippen molar-refractivity contribution in [1.82, 2.24) is 25.4 Å². The zero-order chi connectivity index (χ0) is 15.9. The first kappa shape index (κ1) is 16.3. The number of hydrogen-bond donors (Lipinski definition) is 2. The molecule has 1 heterocycles. The maximum atomic E-state index is 12.1. The van der Waals surface area contributed by atoms with Crippen molar-refractivity contribution < 1.29 is 4.79 Å². The molecule has 2 aromatic rings. The number of halogens is 1. The molecular formula is C15H20ClN5O. The van der Waals surface area contributed by atoms with Crippen molar-refractivity contribution in [2.24, 2.45) is 0 Å². The first-order chi connectivity index (χ1) is 10.6. The SMILES string of the molecule is CC[C@H](NC(=O)NCc1nncn1CC)c1cccc(Cl)c1. The van der Waals surface area contributed by atoms with Gasteiger partial charge in [-0.15, -0.1) is 10.2 Å². The molecule has 0 aliphatic heterocycles. The van der Waals surface area contributed by atoms with E-state index in [1.807, 2.05) is 42.7 Å². The Morgan fingerprint density at radius 2 is 2.23 bits per heavy atom. The lowest BCUT2D eigenvalue weighted by atomic mass is 10.1. The summed E-state index contributed by atoms with van der Waals surface area (Å²) in [6.07, 6.45) is 2.43. The summed E-state index contributed by atoms with van der Waals surface area (Å²) >= 11 is 6.00. The number of benzene rings is 1. The topological polar surface area (TPSA) is 71.8 Å². The lowest BCUT2D eigenvalue weighted by Gasteiger charge is -2.18. The van der Waals surface area contributed by atoms with Gasteiger partial charge in [0.2, 0.25) is 0 Å². The Hall–Kier alpha value is -2.08. The lowest BCUT2D eigenvalue weighted by Crippen LogP contribution is -2.38. The van der Waals surface area contributed by atoms with E-state index in [4.69, 9.17) is 11.6 Å². The summed E-state index contributed by atoms with van der Waals surface area (Å²) in [6, 6.07) is 7.19. The van der Waals surface area contributed by atoms with Gasteiger partial charge in [0, 0.05) is 11.6 Å². The third kappa shape index (κ3) is 4.21. The van der Waals surface area contributed by atoms with Crippen molar-refractivity contribution in [3.63, 3.8) is 0 Å². The van der Waals surface area contributed by atoms with Crippen LogP contribution < -0.4 is 10.6 Å². The van der Waals surface area contributed by atoms with Crippen molar-refractivity contribution in [1.29, 1.82) is 0 Å². The third-order valence-corrected chi connectivity index (χ3v) is 3.64. The first-order valence-electron chi connectivity index (χ1n) is 7.30. The highest BCUT2D eigenvalue weighted by molar-refractivity contribution is 6.30. The second-order valence-electron chi connectivity index (χ2n) is 4.88. The van der Waals surface area contributed by atoms with Crippen LogP contribution in [0.1, 0.15) is 37.7 Å². The van der Waals surface area contributed by atoms with Crippen LogP contribution in [0.5, 0.6) is 0 Å². The molecule has 1 aromatic carbocycles. The number of rotatable bonds is 6. The average molecular weight is 322 g/mol. The highest BCUT2D eigenvalue weighted by atomic mass is 35.5. The molecule has 0 unspecified atom stereocenters. The molecule has 1 aromatic heterocycles. The molecule has 1 atom stereocenters. The first-order valence-corrected chi connectivity index (χ1v) is 7.68. The summed E-state index contributed by atoms with van der Waals surface area (Å²) in [4.78, 5) is 12.1. The van der Waals surface area contributed by atoms with Gasteiger partial charge in [0.1, 0.15) is 6.33 Å². The highest BCUT2D eigenvalue weighted by Gasteiger charge is 2.13. The largest absolute Gasteiger partial charge is 0.331 e. The zero-order valence-electron chi connectivity index (χ0n) is 12.7. The van der Waals surface area contributed by atoms with E-state index in [9.17, 15) is 4.79 Å². The van der Waals surface area contributed by atoms with E-state index in [1.54, 1.807) is 6.33 Å². The molecule has 0 saturated carbocycles. The van der Waals surface area contributed by atoms with E-state index in [0.717, 1.165) is 24.4 Å². The Kier molecular flexibility index (Phi) is 5.77. The second kappa shape index (κ2) is 7.79. The van der Waals surface area contributed by atoms with Gasteiger partial charge in [-0.2, -0.15) is 0 Å². The van der Waals surface area contributed by atoms with Crippen LogP contribution in [0.4, 0.5) is 4.79 Å². The van der Waals surface area contributed by atoms with Crippen LogP contribution in [-0.2, 0) is 13.1 Å². The predicted octanol–water partition coefficient (Wildman–Crippen LogP) is 2.90. The molecule has 0 radical (unpaired) electrons.